The highest BCUT2D eigenvalue weighted by atomic mass is 16.5. The summed E-state index contributed by atoms with van der Waals surface area (Å²) in [5.41, 5.74) is 4.98. The van der Waals surface area contributed by atoms with Crippen molar-refractivity contribution < 1.29 is 14.3 Å². The molecule has 0 atom stereocenters. The van der Waals surface area contributed by atoms with Crippen LogP contribution in [0.25, 0.3) is 5.57 Å². The van der Waals surface area contributed by atoms with Crippen LogP contribution in [0.4, 0.5) is 5.69 Å². The zero-order valence-corrected chi connectivity index (χ0v) is 17.2. The Bertz CT molecular complexity index is 933. The van der Waals surface area contributed by atoms with E-state index < -0.39 is 5.41 Å². The Morgan fingerprint density at radius 1 is 1.04 bits per heavy atom. The van der Waals surface area contributed by atoms with Crippen molar-refractivity contribution in [3.8, 4) is 0 Å². The van der Waals surface area contributed by atoms with E-state index in [-0.39, 0.29) is 11.8 Å². The summed E-state index contributed by atoms with van der Waals surface area (Å²) in [4.78, 5) is 27.1. The zero-order chi connectivity index (χ0) is 20.5. The SMILES string of the molecule is COC(=O)c1ccc2c(c1)CCN2/C=C(/C(=O)C(C)(C)C)c1ccc(C)cc1. The van der Waals surface area contributed by atoms with Gasteiger partial charge in [-0.1, -0.05) is 50.6 Å². The van der Waals surface area contributed by atoms with Gasteiger partial charge in [0.25, 0.3) is 0 Å². The molecule has 4 nitrogen and oxygen atoms in total. The molecule has 3 rings (SSSR count). The normalized spacial score (nSPS) is 14.0. The number of fused-ring (bicyclic) bond motifs is 1. The predicted octanol–water partition coefficient (Wildman–Crippen LogP) is 4.80. The van der Waals surface area contributed by atoms with E-state index in [0.717, 1.165) is 35.3 Å². The fourth-order valence-corrected chi connectivity index (χ4v) is 3.36. The lowest BCUT2D eigenvalue weighted by molar-refractivity contribution is -0.120. The summed E-state index contributed by atoms with van der Waals surface area (Å²) in [6.07, 6.45) is 2.78. The third-order valence-corrected chi connectivity index (χ3v) is 5.01. The molecule has 1 aliphatic heterocycles. The van der Waals surface area contributed by atoms with Crippen molar-refractivity contribution in [2.45, 2.75) is 34.1 Å². The molecule has 146 valence electrons. The van der Waals surface area contributed by atoms with Crippen LogP contribution in [0.3, 0.4) is 0 Å². The molecule has 0 unspecified atom stereocenters. The van der Waals surface area contributed by atoms with Crippen LogP contribution in [0, 0.1) is 12.3 Å². The second kappa shape index (κ2) is 7.63. The molecule has 0 bridgehead atoms. The molecular weight excluding hydrogens is 350 g/mol. The predicted molar refractivity (Wildman–Crippen MR) is 112 cm³/mol. The van der Waals surface area contributed by atoms with E-state index in [2.05, 4.69) is 4.90 Å². The van der Waals surface area contributed by atoms with Crippen LogP contribution in [-0.2, 0) is 16.0 Å². The lowest BCUT2D eigenvalue weighted by Gasteiger charge is -2.22. The van der Waals surface area contributed by atoms with Crippen molar-refractivity contribution in [2.75, 3.05) is 18.6 Å². The number of ether oxygens (including phenoxy) is 1. The Labute approximate surface area is 166 Å². The van der Waals surface area contributed by atoms with Crippen molar-refractivity contribution >= 4 is 23.0 Å². The maximum absolute atomic E-state index is 13.2. The highest BCUT2D eigenvalue weighted by Gasteiger charge is 2.28. The van der Waals surface area contributed by atoms with Crippen molar-refractivity contribution in [1.29, 1.82) is 0 Å². The number of carbonyl (C=O) groups excluding carboxylic acids is 2. The van der Waals surface area contributed by atoms with Gasteiger partial charge in [-0.25, -0.2) is 4.79 Å². The third-order valence-electron chi connectivity index (χ3n) is 5.01. The second-order valence-corrected chi connectivity index (χ2v) is 8.27. The number of allylic oxidation sites excluding steroid dienone is 1. The van der Waals surface area contributed by atoms with Gasteiger partial charge in [-0.05, 0) is 42.7 Å². The van der Waals surface area contributed by atoms with E-state index in [4.69, 9.17) is 4.74 Å². The first-order chi connectivity index (χ1) is 13.2. The number of hydrogen-bond acceptors (Lipinski definition) is 4. The Balaban J connectivity index is 2.02. The summed E-state index contributed by atoms with van der Waals surface area (Å²) >= 11 is 0. The van der Waals surface area contributed by atoms with E-state index in [1.54, 1.807) is 6.07 Å². The maximum Gasteiger partial charge on any atom is 0.337 e. The van der Waals surface area contributed by atoms with Gasteiger partial charge < -0.3 is 9.64 Å². The van der Waals surface area contributed by atoms with Crippen LogP contribution in [-0.4, -0.2) is 25.4 Å². The first-order valence-electron chi connectivity index (χ1n) is 9.52. The number of nitrogens with zero attached hydrogens (tertiary/aromatic N) is 1. The summed E-state index contributed by atoms with van der Waals surface area (Å²) in [7, 11) is 1.39. The number of aryl methyl sites for hydroxylation is 1. The van der Waals surface area contributed by atoms with Crippen LogP contribution < -0.4 is 4.90 Å². The standard InChI is InChI=1S/C24H27NO3/c1-16-6-8-17(9-7-16)20(22(26)24(2,3)4)15-25-13-12-18-14-19(23(27)28-5)10-11-21(18)25/h6-11,14-15H,12-13H2,1-5H3/b20-15+. The summed E-state index contributed by atoms with van der Waals surface area (Å²) < 4.78 is 4.81. The molecule has 0 aromatic heterocycles. The molecule has 4 heteroatoms. The minimum atomic E-state index is -0.478. The summed E-state index contributed by atoms with van der Waals surface area (Å²) in [5, 5.41) is 0. The molecule has 2 aromatic carbocycles. The number of carbonyl (C=O) groups is 2. The van der Waals surface area contributed by atoms with E-state index in [1.807, 2.05) is 70.3 Å². The van der Waals surface area contributed by atoms with Crippen LogP contribution in [0.15, 0.2) is 48.7 Å². The molecule has 28 heavy (non-hydrogen) atoms. The number of benzene rings is 2. The molecule has 1 aliphatic rings. The molecule has 0 N–H and O–H groups in total. The minimum Gasteiger partial charge on any atom is -0.465 e. The minimum absolute atomic E-state index is 0.107. The fraction of sp³-hybridized carbons (Fsp3) is 0.333. The van der Waals surface area contributed by atoms with Gasteiger partial charge in [-0.15, -0.1) is 0 Å². The number of esters is 1. The third kappa shape index (κ3) is 4.01. The van der Waals surface area contributed by atoms with Gasteiger partial charge in [-0.2, -0.15) is 0 Å². The van der Waals surface area contributed by atoms with Gasteiger partial charge in [0.05, 0.1) is 12.7 Å². The molecule has 0 fully saturated rings. The highest BCUT2D eigenvalue weighted by Crippen LogP contribution is 2.33. The quantitative estimate of drug-likeness (QED) is 0.567. The smallest absolute Gasteiger partial charge is 0.337 e. The Morgan fingerprint density at radius 3 is 2.29 bits per heavy atom. The van der Waals surface area contributed by atoms with Gasteiger partial charge in [0.15, 0.2) is 5.78 Å². The first kappa shape index (κ1) is 19.9. The fourth-order valence-electron chi connectivity index (χ4n) is 3.36. The average molecular weight is 377 g/mol. The molecule has 0 saturated carbocycles. The van der Waals surface area contributed by atoms with Crippen molar-refractivity contribution in [1.82, 2.24) is 0 Å². The van der Waals surface area contributed by atoms with E-state index >= 15 is 0 Å². The largest absolute Gasteiger partial charge is 0.465 e. The number of ketones is 1. The van der Waals surface area contributed by atoms with E-state index in [9.17, 15) is 9.59 Å². The van der Waals surface area contributed by atoms with Gasteiger partial charge in [0, 0.05) is 29.4 Å². The van der Waals surface area contributed by atoms with E-state index in [0.29, 0.717) is 11.1 Å². The van der Waals surface area contributed by atoms with Gasteiger partial charge in [-0.3, -0.25) is 4.79 Å². The van der Waals surface area contributed by atoms with Gasteiger partial charge >= 0.3 is 5.97 Å². The first-order valence-corrected chi connectivity index (χ1v) is 9.52. The van der Waals surface area contributed by atoms with Crippen molar-refractivity contribution in [3.05, 3.63) is 70.9 Å². The maximum atomic E-state index is 13.2. The van der Waals surface area contributed by atoms with Crippen LogP contribution in [0.2, 0.25) is 0 Å². The Kier molecular flexibility index (Phi) is 5.41. The van der Waals surface area contributed by atoms with Crippen LogP contribution in [0.5, 0.6) is 0 Å². The molecule has 0 spiro atoms. The number of hydrogen-bond donors (Lipinski definition) is 0. The van der Waals surface area contributed by atoms with Crippen LogP contribution >= 0.6 is 0 Å². The van der Waals surface area contributed by atoms with Crippen molar-refractivity contribution in [2.24, 2.45) is 5.41 Å². The van der Waals surface area contributed by atoms with Crippen LogP contribution in [0.1, 0.15) is 47.8 Å². The second-order valence-electron chi connectivity index (χ2n) is 8.27. The Hall–Kier alpha value is -2.88. The Morgan fingerprint density at radius 2 is 1.68 bits per heavy atom. The topological polar surface area (TPSA) is 46.6 Å². The molecular formula is C24H27NO3. The molecule has 2 aromatic rings. The molecule has 0 radical (unpaired) electrons. The molecule has 1 heterocycles. The lowest BCUT2D eigenvalue weighted by atomic mass is 9.84. The molecule has 0 aliphatic carbocycles. The zero-order valence-electron chi connectivity index (χ0n) is 17.2. The number of anilines is 1. The number of rotatable bonds is 4. The van der Waals surface area contributed by atoms with E-state index in [1.165, 1.54) is 7.11 Å². The number of methoxy groups -OCH3 is 1. The van der Waals surface area contributed by atoms with Gasteiger partial charge in [0.1, 0.15) is 0 Å². The summed E-state index contributed by atoms with van der Waals surface area (Å²) in [6, 6.07) is 13.6. The summed E-state index contributed by atoms with van der Waals surface area (Å²) in [6.45, 7) is 8.63. The van der Waals surface area contributed by atoms with Crippen molar-refractivity contribution in [3.63, 3.8) is 0 Å². The average Bonchev–Trinajstić information content (AvgIpc) is 3.07. The molecule has 0 amide bonds. The monoisotopic (exact) mass is 377 g/mol. The van der Waals surface area contributed by atoms with Gasteiger partial charge in [0.2, 0.25) is 0 Å². The lowest BCUT2D eigenvalue weighted by Crippen LogP contribution is -2.24. The summed E-state index contributed by atoms with van der Waals surface area (Å²) in [5.74, 6) is -0.226. The number of Topliss-reactive ketones (excluding diaryl/α,β-unsaturated/α-hetero) is 1. The highest BCUT2D eigenvalue weighted by molar-refractivity contribution is 6.23. The molecule has 0 saturated heterocycles.